The van der Waals surface area contributed by atoms with E-state index < -0.39 is 0 Å². The molecule has 1 saturated heterocycles. The number of hydrogen-bond donors (Lipinski definition) is 2. The zero-order valence-electron chi connectivity index (χ0n) is 10.7. The molecule has 1 aromatic heterocycles. The van der Waals surface area contributed by atoms with E-state index in [9.17, 15) is 5.11 Å². The van der Waals surface area contributed by atoms with Crippen LogP contribution in [0.1, 0.15) is 11.8 Å². The summed E-state index contributed by atoms with van der Waals surface area (Å²) in [7, 11) is 0. The van der Waals surface area contributed by atoms with Gasteiger partial charge >= 0.3 is 0 Å². The van der Waals surface area contributed by atoms with Crippen LogP contribution in [0.4, 0.5) is 0 Å². The van der Waals surface area contributed by atoms with Gasteiger partial charge in [0, 0.05) is 18.7 Å². The van der Waals surface area contributed by atoms with E-state index in [0.717, 1.165) is 17.8 Å². The van der Waals surface area contributed by atoms with Gasteiger partial charge in [0.05, 0.1) is 12.3 Å². The smallest absolute Gasteiger partial charge is 0.161 e. The van der Waals surface area contributed by atoms with Crippen LogP contribution in [-0.4, -0.2) is 34.8 Å². The number of halogens is 1. The van der Waals surface area contributed by atoms with Gasteiger partial charge in [-0.3, -0.25) is 0 Å². The number of benzene rings is 1. The number of nitrogens with zero attached hydrogens (tertiary/aromatic N) is 2. The van der Waals surface area contributed by atoms with Crippen molar-refractivity contribution in [3.05, 3.63) is 41.2 Å². The molecule has 20 heavy (non-hydrogen) atoms. The van der Waals surface area contributed by atoms with Crippen LogP contribution in [0, 0.1) is 0 Å². The molecule has 1 aliphatic rings. The number of phenolic OH excluding ortho intramolecular Hbond substituents is 1. The van der Waals surface area contributed by atoms with E-state index in [2.05, 4.69) is 15.3 Å². The van der Waals surface area contributed by atoms with E-state index in [1.807, 2.05) is 6.07 Å². The fourth-order valence-electron chi connectivity index (χ4n) is 2.13. The molecule has 2 heterocycles. The molecule has 1 unspecified atom stereocenters. The van der Waals surface area contributed by atoms with Gasteiger partial charge in [0.2, 0.25) is 0 Å². The molecule has 0 saturated carbocycles. The van der Waals surface area contributed by atoms with Crippen LogP contribution < -0.4 is 5.32 Å². The van der Waals surface area contributed by atoms with Crippen LogP contribution in [0.25, 0.3) is 11.4 Å². The van der Waals surface area contributed by atoms with Crippen molar-refractivity contribution in [2.24, 2.45) is 0 Å². The normalized spacial score (nSPS) is 18.9. The average Bonchev–Trinajstić information content (AvgIpc) is 2.47. The molecule has 1 aromatic carbocycles. The fourth-order valence-corrected chi connectivity index (χ4v) is 2.32. The monoisotopic (exact) mass is 291 g/mol. The molecule has 0 amide bonds. The Kier molecular flexibility index (Phi) is 3.82. The summed E-state index contributed by atoms with van der Waals surface area (Å²) in [6, 6.07) is 8.49. The van der Waals surface area contributed by atoms with Gasteiger partial charge in [-0.15, -0.1) is 0 Å². The molecule has 6 heteroatoms. The molecule has 0 aliphatic carbocycles. The van der Waals surface area contributed by atoms with E-state index in [1.165, 1.54) is 0 Å². The highest BCUT2D eigenvalue weighted by Crippen LogP contribution is 2.25. The van der Waals surface area contributed by atoms with Gasteiger partial charge in [0.15, 0.2) is 5.82 Å². The Balaban J connectivity index is 1.97. The number of rotatable bonds is 2. The lowest BCUT2D eigenvalue weighted by atomic mass is 10.1. The number of morpholine rings is 1. The molecule has 3 rings (SSSR count). The Labute approximate surface area is 121 Å². The third-order valence-electron chi connectivity index (χ3n) is 3.08. The first kappa shape index (κ1) is 13.3. The Bertz CT molecular complexity index is 615. The molecule has 5 nitrogen and oxygen atoms in total. The van der Waals surface area contributed by atoms with Crippen molar-refractivity contribution in [1.29, 1.82) is 0 Å². The summed E-state index contributed by atoms with van der Waals surface area (Å²) in [5.74, 6) is 0.654. The number of aromatic hydroxyl groups is 1. The van der Waals surface area contributed by atoms with Crippen molar-refractivity contribution < 1.29 is 9.84 Å². The quantitative estimate of drug-likeness (QED) is 0.830. The molecule has 1 fully saturated rings. The van der Waals surface area contributed by atoms with Crippen LogP contribution in [0.3, 0.4) is 0 Å². The van der Waals surface area contributed by atoms with E-state index in [0.29, 0.717) is 24.1 Å². The van der Waals surface area contributed by atoms with Crippen molar-refractivity contribution in [3.8, 4) is 17.1 Å². The van der Waals surface area contributed by atoms with Crippen molar-refractivity contribution in [2.75, 3.05) is 19.7 Å². The minimum Gasteiger partial charge on any atom is -0.508 e. The van der Waals surface area contributed by atoms with Gasteiger partial charge in [-0.05, 0) is 18.2 Å². The van der Waals surface area contributed by atoms with E-state index in [4.69, 9.17) is 16.3 Å². The maximum absolute atomic E-state index is 9.54. The third-order valence-corrected chi connectivity index (χ3v) is 3.27. The molecule has 104 valence electrons. The summed E-state index contributed by atoms with van der Waals surface area (Å²) in [4.78, 5) is 8.70. The molecular formula is C14H14ClN3O2. The van der Waals surface area contributed by atoms with E-state index in [1.54, 1.807) is 24.3 Å². The number of ether oxygens (including phenoxy) is 1. The summed E-state index contributed by atoms with van der Waals surface area (Å²) in [5.41, 5.74) is 1.47. The van der Waals surface area contributed by atoms with Crippen LogP contribution in [0.2, 0.25) is 5.15 Å². The van der Waals surface area contributed by atoms with Crippen molar-refractivity contribution in [1.82, 2.24) is 15.3 Å². The third kappa shape index (κ3) is 2.90. The first-order valence-corrected chi connectivity index (χ1v) is 6.76. The molecular weight excluding hydrogens is 278 g/mol. The molecule has 1 atom stereocenters. The molecule has 0 radical (unpaired) electrons. The number of hydrogen-bond acceptors (Lipinski definition) is 5. The maximum Gasteiger partial charge on any atom is 0.161 e. The molecule has 0 spiro atoms. The molecule has 1 aliphatic heterocycles. The Morgan fingerprint density at radius 3 is 2.95 bits per heavy atom. The Hall–Kier alpha value is -1.69. The summed E-state index contributed by atoms with van der Waals surface area (Å²) < 4.78 is 5.67. The predicted octanol–water partition coefficient (Wildman–Crippen LogP) is 2.16. The fraction of sp³-hybridized carbons (Fsp3) is 0.286. The second-order valence-electron chi connectivity index (χ2n) is 4.55. The zero-order valence-corrected chi connectivity index (χ0v) is 11.5. The molecule has 2 aromatic rings. The highest BCUT2D eigenvalue weighted by molar-refractivity contribution is 6.29. The van der Waals surface area contributed by atoms with Crippen molar-refractivity contribution in [3.63, 3.8) is 0 Å². The average molecular weight is 292 g/mol. The minimum absolute atomic E-state index is 0.125. The summed E-state index contributed by atoms with van der Waals surface area (Å²) in [6.07, 6.45) is -0.125. The van der Waals surface area contributed by atoms with Gasteiger partial charge in [0.1, 0.15) is 17.0 Å². The topological polar surface area (TPSA) is 67.3 Å². The Morgan fingerprint density at radius 2 is 2.20 bits per heavy atom. The summed E-state index contributed by atoms with van der Waals surface area (Å²) in [6.45, 7) is 2.19. The molecule has 0 bridgehead atoms. The molecule has 2 N–H and O–H groups in total. The van der Waals surface area contributed by atoms with Crippen LogP contribution in [0.15, 0.2) is 30.3 Å². The zero-order chi connectivity index (χ0) is 13.9. The highest BCUT2D eigenvalue weighted by Gasteiger charge is 2.19. The van der Waals surface area contributed by atoms with Gasteiger partial charge in [-0.1, -0.05) is 23.7 Å². The van der Waals surface area contributed by atoms with Crippen LogP contribution in [-0.2, 0) is 4.74 Å². The first-order valence-electron chi connectivity index (χ1n) is 6.38. The predicted molar refractivity (Wildman–Crippen MR) is 75.7 cm³/mol. The minimum atomic E-state index is -0.125. The van der Waals surface area contributed by atoms with Crippen LogP contribution in [0.5, 0.6) is 5.75 Å². The number of phenols is 1. The van der Waals surface area contributed by atoms with Crippen molar-refractivity contribution >= 4 is 11.6 Å². The lowest BCUT2D eigenvalue weighted by Gasteiger charge is -2.23. The van der Waals surface area contributed by atoms with Gasteiger partial charge < -0.3 is 15.2 Å². The highest BCUT2D eigenvalue weighted by atomic mass is 35.5. The number of nitrogens with one attached hydrogen (secondary N) is 1. The Morgan fingerprint density at radius 1 is 1.30 bits per heavy atom. The van der Waals surface area contributed by atoms with E-state index in [-0.39, 0.29) is 11.9 Å². The number of aromatic nitrogens is 2. The van der Waals surface area contributed by atoms with Crippen molar-refractivity contribution in [2.45, 2.75) is 6.10 Å². The summed E-state index contributed by atoms with van der Waals surface area (Å²) in [5, 5.41) is 13.2. The van der Waals surface area contributed by atoms with Gasteiger partial charge in [-0.2, -0.15) is 0 Å². The van der Waals surface area contributed by atoms with Crippen LogP contribution >= 0.6 is 11.6 Å². The van der Waals surface area contributed by atoms with E-state index >= 15 is 0 Å². The maximum atomic E-state index is 9.54. The lowest BCUT2D eigenvalue weighted by Crippen LogP contribution is -2.33. The first-order chi connectivity index (χ1) is 9.72. The SMILES string of the molecule is Oc1cccc(-c2nc(Cl)cc(C3CNCCO3)n2)c1. The lowest BCUT2D eigenvalue weighted by molar-refractivity contribution is 0.0250. The largest absolute Gasteiger partial charge is 0.508 e. The van der Waals surface area contributed by atoms with Gasteiger partial charge in [-0.25, -0.2) is 9.97 Å². The summed E-state index contributed by atoms with van der Waals surface area (Å²) >= 11 is 6.07. The second kappa shape index (κ2) is 5.75. The second-order valence-corrected chi connectivity index (χ2v) is 4.94. The standard InChI is InChI=1S/C14H14ClN3O2/c15-13-7-11(12-8-16-4-5-20-12)17-14(18-13)9-2-1-3-10(19)6-9/h1-3,6-7,12,16,19H,4-5,8H2. The van der Waals surface area contributed by atoms with Gasteiger partial charge in [0.25, 0.3) is 0 Å².